The molecule has 6 nitrogen and oxygen atoms in total. The Hall–Kier alpha value is -2.06. The van der Waals surface area contributed by atoms with Crippen molar-refractivity contribution in [1.82, 2.24) is 5.32 Å². The maximum absolute atomic E-state index is 12.9. The molecule has 1 heterocycles. The SMILES string of the molecule is COc1ccc(S(=O)(=O)N(C)c2ccsc2C(=O)NCCC(C)C)cc1. The summed E-state index contributed by atoms with van der Waals surface area (Å²) < 4.78 is 31.9. The molecule has 26 heavy (non-hydrogen) atoms. The number of rotatable bonds is 8. The molecule has 0 aliphatic carbocycles. The molecule has 2 rings (SSSR count). The minimum absolute atomic E-state index is 0.137. The number of ether oxygens (including phenoxy) is 1. The minimum atomic E-state index is -3.77. The molecule has 0 fully saturated rings. The summed E-state index contributed by atoms with van der Waals surface area (Å²) in [5.41, 5.74) is 0.368. The molecule has 0 spiro atoms. The van der Waals surface area contributed by atoms with Crippen molar-refractivity contribution in [2.45, 2.75) is 25.2 Å². The van der Waals surface area contributed by atoms with Crippen LogP contribution in [-0.4, -0.2) is 35.0 Å². The third kappa shape index (κ3) is 4.56. The fraction of sp³-hybridized carbons (Fsp3) is 0.389. The number of nitrogens with zero attached hydrogens (tertiary/aromatic N) is 1. The fourth-order valence-corrected chi connectivity index (χ4v) is 4.41. The largest absolute Gasteiger partial charge is 0.497 e. The molecule has 0 saturated carbocycles. The van der Waals surface area contributed by atoms with Crippen LogP contribution in [0.1, 0.15) is 29.9 Å². The van der Waals surface area contributed by atoms with Crippen molar-refractivity contribution >= 4 is 33.0 Å². The molecule has 0 unspecified atom stereocenters. The normalized spacial score (nSPS) is 11.4. The first kappa shape index (κ1) is 20.3. The van der Waals surface area contributed by atoms with Crippen LogP contribution in [0.25, 0.3) is 0 Å². The molecule has 8 heteroatoms. The van der Waals surface area contributed by atoms with Gasteiger partial charge in [0.25, 0.3) is 15.9 Å². The Kier molecular flexibility index (Phi) is 6.66. The van der Waals surface area contributed by atoms with Crippen molar-refractivity contribution in [3.63, 3.8) is 0 Å². The summed E-state index contributed by atoms with van der Waals surface area (Å²) in [5.74, 6) is 0.802. The molecular weight excluding hydrogens is 372 g/mol. The number of benzene rings is 1. The van der Waals surface area contributed by atoms with E-state index in [1.54, 1.807) is 23.6 Å². The third-order valence-electron chi connectivity index (χ3n) is 3.91. The summed E-state index contributed by atoms with van der Waals surface area (Å²) in [5, 5.41) is 4.57. The summed E-state index contributed by atoms with van der Waals surface area (Å²) in [4.78, 5) is 12.9. The number of sulfonamides is 1. The molecule has 0 bridgehead atoms. The van der Waals surface area contributed by atoms with Crippen molar-refractivity contribution in [3.8, 4) is 5.75 Å². The first-order valence-corrected chi connectivity index (χ1v) is 10.6. The van der Waals surface area contributed by atoms with Gasteiger partial charge in [0.1, 0.15) is 10.6 Å². The van der Waals surface area contributed by atoms with Gasteiger partial charge in [0.2, 0.25) is 0 Å². The summed E-state index contributed by atoms with van der Waals surface area (Å²) in [7, 11) is -0.803. The second-order valence-electron chi connectivity index (χ2n) is 6.22. The van der Waals surface area contributed by atoms with Crippen molar-refractivity contribution in [1.29, 1.82) is 0 Å². The number of thiophene rings is 1. The highest BCUT2D eigenvalue weighted by Crippen LogP contribution is 2.30. The van der Waals surface area contributed by atoms with E-state index in [0.717, 1.165) is 10.7 Å². The van der Waals surface area contributed by atoms with Crippen molar-refractivity contribution < 1.29 is 17.9 Å². The molecule has 0 aliphatic rings. The highest BCUT2D eigenvalue weighted by molar-refractivity contribution is 7.92. The van der Waals surface area contributed by atoms with Crippen LogP contribution in [-0.2, 0) is 10.0 Å². The second kappa shape index (κ2) is 8.55. The fourth-order valence-electron chi connectivity index (χ4n) is 2.31. The average molecular weight is 397 g/mol. The highest BCUT2D eigenvalue weighted by atomic mass is 32.2. The lowest BCUT2D eigenvalue weighted by Gasteiger charge is -2.20. The minimum Gasteiger partial charge on any atom is -0.497 e. The predicted octanol–water partition coefficient (Wildman–Crippen LogP) is 3.36. The molecule has 0 aliphatic heterocycles. The quantitative estimate of drug-likeness (QED) is 0.742. The Morgan fingerprint density at radius 3 is 2.46 bits per heavy atom. The number of hydrogen-bond acceptors (Lipinski definition) is 5. The Labute approximate surface area is 158 Å². The predicted molar refractivity (Wildman–Crippen MR) is 105 cm³/mol. The van der Waals surface area contributed by atoms with Gasteiger partial charge in [-0.25, -0.2) is 8.42 Å². The van der Waals surface area contributed by atoms with Crippen molar-refractivity contribution in [2.75, 3.05) is 25.0 Å². The van der Waals surface area contributed by atoms with Crippen LogP contribution in [0.2, 0.25) is 0 Å². The van der Waals surface area contributed by atoms with Crippen LogP contribution in [0.15, 0.2) is 40.6 Å². The van der Waals surface area contributed by atoms with Gasteiger partial charge in [-0.3, -0.25) is 9.10 Å². The topological polar surface area (TPSA) is 75.7 Å². The molecule has 142 valence electrons. The lowest BCUT2D eigenvalue weighted by molar-refractivity contribution is 0.0956. The van der Waals surface area contributed by atoms with E-state index >= 15 is 0 Å². The molecule has 1 N–H and O–H groups in total. The number of anilines is 1. The summed E-state index contributed by atoms with van der Waals surface area (Å²) in [6.45, 7) is 4.72. The second-order valence-corrected chi connectivity index (χ2v) is 9.11. The number of amides is 1. The Bertz CT molecular complexity index is 842. The van der Waals surface area contributed by atoms with Gasteiger partial charge in [0, 0.05) is 13.6 Å². The van der Waals surface area contributed by atoms with E-state index in [-0.39, 0.29) is 10.8 Å². The standard InChI is InChI=1S/C18H24N2O4S2/c1-13(2)9-11-19-18(21)17-16(10-12-25-17)20(3)26(22,23)15-7-5-14(24-4)6-8-15/h5-8,10,12-13H,9,11H2,1-4H3,(H,19,21). The Morgan fingerprint density at radius 1 is 1.23 bits per heavy atom. The van der Waals surface area contributed by atoms with E-state index in [9.17, 15) is 13.2 Å². The molecule has 2 aromatic rings. The van der Waals surface area contributed by atoms with Gasteiger partial charge in [-0.15, -0.1) is 11.3 Å². The smallest absolute Gasteiger partial charge is 0.264 e. The van der Waals surface area contributed by atoms with Gasteiger partial charge in [0.15, 0.2) is 0 Å². The van der Waals surface area contributed by atoms with Crippen molar-refractivity contribution in [2.24, 2.45) is 5.92 Å². The summed E-state index contributed by atoms with van der Waals surface area (Å²) in [6.07, 6.45) is 0.867. The highest BCUT2D eigenvalue weighted by Gasteiger charge is 2.26. The van der Waals surface area contributed by atoms with Crippen molar-refractivity contribution in [3.05, 3.63) is 40.6 Å². The van der Waals surface area contributed by atoms with Crippen LogP contribution < -0.4 is 14.4 Å². The number of hydrogen-bond donors (Lipinski definition) is 1. The lowest BCUT2D eigenvalue weighted by atomic mass is 10.1. The van der Waals surface area contributed by atoms with Crippen LogP contribution >= 0.6 is 11.3 Å². The van der Waals surface area contributed by atoms with E-state index in [1.165, 1.54) is 37.6 Å². The number of carbonyl (C=O) groups is 1. The van der Waals surface area contributed by atoms with Crippen LogP contribution in [0.4, 0.5) is 5.69 Å². The van der Waals surface area contributed by atoms with Crippen LogP contribution in [0, 0.1) is 5.92 Å². The van der Waals surface area contributed by atoms with E-state index in [0.29, 0.717) is 28.8 Å². The van der Waals surface area contributed by atoms with Crippen LogP contribution in [0.5, 0.6) is 5.75 Å². The maximum Gasteiger partial charge on any atom is 0.264 e. The van der Waals surface area contributed by atoms with E-state index in [2.05, 4.69) is 19.2 Å². The number of nitrogens with one attached hydrogen (secondary N) is 1. The molecule has 1 amide bonds. The van der Waals surface area contributed by atoms with Gasteiger partial charge in [0.05, 0.1) is 17.7 Å². The monoisotopic (exact) mass is 396 g/mol. The lowest BCUT2D eigenvalue weighted by Crippen LogP contribution is -2.30. The molecule has 1 aromatic heterocycles. The van der Waals surface area contributed by atoms with Gasteiger partial charge >= 0.3 is 0 Å². The summed E-state index contributed by atoms with van der Waals surface area (Å²) in [6, 6.07) is 7.80. The molecule has 0 radical (unpaired) electrons. The summed E-state index contributed by atoms with van der Waals surface area (Å²) >= 11 is 1.22. The first-order chi connectivity index (χ1) is 12.3. The third-order valence-corrected chi connectivity index (χ3v) is 6.60. The maximum atomic E-state index is 12.9. The van der Waals surface area contributed by atoms with Gasteiger partial charge in [-0.1, -0.05) is 13.8 Å². The Balaban J connectivity index is 2.22. The van der Waals surface area contributed by atoms with Gasteiger partial charge in [-0.2, -0.15) is 0 Å². The van der Waals surface area contributed by atoms with E-state index < -0.39 is 10.0 Å². The van der Waals surface area contributed by atoms with E-state index in [1.807, 2.05) is 0 Å². The number of carbonyl (C=O) groups excluding carboxylic acids is 1. The van der Waals surface area contributed by atoms with Gasteiger partial charge in [-0.05, 0) is 48.1 Å². The average Bonchev–Trinajstić information content (AvgIpc) is 3.10. The molecule has 1 aromatic carbocycles. The Morgan fingerprint density at radius 2 is 1.88 bits per heavy atom. The zero-order valence-corrected chi connectivity index (χ0v) is 17.0. The van der Waals surface area contributed by atoms with Crippen LogP contribution in [0.3, 0.4) is 0 Å². The molecule has 0 saturated heterocycles. The zero-order valence-electron chi connectivity index (χ0n) is 15.4. The number of methoxy groups -OCH3 is 1. The zero-order chi connectivity index (χ0) is 19.3. The van der Waals surface area contributed by atoms with Gasteiger partial charge < -0.3 is 10.1 Å². The molecular formula is C18H24N2O4S2. The molecule has 0 atom stereocenters. The van der Waals surface area contributed by atoms with E-state index in [4.69, 9.17) is 4.74 Å². The first-order valence-electron chi connectivity index (χ1n) is 8.26.